The zero-order chi connectivity index (χ0) is 21.1. The van der Waals surface area contributed by atoms with E-state index in [-0.39, 0.29) is 5.56 Å². The van der Waals surface area contributed by atoms with Gasteiger partial charge in [-0.1, -0.05) is 6.07 Å². The third-order valence-electron chi connectivity index (χ3n) is 4.87. The highest BCUT2D eigenvalue weighted by Gasteiger charge is 2.16. The predicted molar refractivity (Wildman–Crippen MR) is 113 cm³/mol. The van der Waals surface area contributed by atoms with Crippen molar-refractivity contribution in [3.63, 3.8) is 0 Å². The number of ether oxygens (including phenoxy) is 3. The first-order chi connectivity index (χ1) is 14.6. The van der Waals surface area contributed by atoms with Crippen LogP contribution in [0.5, 0.6) is 17.2 Å². The molecular weight excluding hydrogens is 384 g/mol. The summed E-state index contributed by atoms with van der Waals surface area (Å²) >= 11 is 0. The molecule has 0 saturated heterocycles. The molecule has 0 aliphatic carbocycles. The molecule has 4 rings (SSSR count). The first kappa shape index (κ1) is 19.5. The fourth-order valence-corrected chi connectivity index (χ4v) is 3.37. The van der Waals surface area contributed by atoms with Crippen molar-refractivity contribution < 1.29 is 14.2 Å². The molecule has 0 radical (unpaired) electrons. The van der Waals surface area contributed by atoms with Crippen LogP contribution in [-0.4, -0.2) is 40.9 Å². The van der Waals surface area contributed by atoms with Crippen molar-refractivity contribution in [1.82, 2.24) is 19.6 Å². The van der Waals surface area contributed by atoms with Gasteiger partial charge < -0.3 is 14.2 Å². The second-order valence-corrected chi connectivity index (χ2v) is 6.72. The molecule has 30 heavy (non-hydrogen) atoms. The summed E-state index contributed by atoms with van der Waals surface area (Å²) in [6.45, 7) is 0. The lowest BCUT2D eigenvalue weighted by Gasteiger charge is -2.13. The molecule has 0 saturated carbocycles. The molecule has 0 aliphatic heterocycles. The van der Waals surface area contributed by atoms with Crippen molar-refractivity contribution in [3.05, 3.63) is 70.4 Å². The van der Waals surface area contributed by atoms with Gasteiger partial charge in [-0.3, -0.25) is 14.9 Å². The quantitative estimate of drug-likeness (QED) is 0.508. The van der Waals surface area contributed by atoms with Gasteiger partial charge in [-0.2, -0.15) is 0 Å². The Morgan fingerprint density at radius 2 is 1.77 bits per heavy atom. The van der Waals surface area contributed by atoms with Crippen molar-refractivity contribution in [2.45, 2.75) is 12.8 Å². The average molecular weight is 406 g/mol. The molecule has 0 unspecified atom stereocenters. The highest BCUT2D eigenvalue weighted by molar-refractivity contribution is 5.71. The zero-order valence-corrected chi connectivity index (χ0v) is 17.0. The number of fused-ring (bicyclic) bond motifs is 1. The molecule has 1 aromatic carbocycles. The summed E-state index contributed by atoms with van der Waals surface area (Å²) in [5.74, 6) is 1.57. The van der Waals surface area contributed by atoms with E-state index < -0.39 is 0 Å². The number of pyridine rings is 1. The Kier molecular flexibility index (Phi) is 5.38. The van der Waals surface area contributed by atoms with Crippen LogP contribution in [0.15, 0.2) is 53.6 Å². The fraction of sp³-hybridized carbons (Fsp3) is 0.227. The molecule has 0 fully saturated rings. The third-order valence-corrected chi connectivity index (χ3v) is 4.87. The molecular formula is C22H22N4O4. The van der Waals surface area contributed by atoms with E-state index >= 15 is 0 Å². The number of nitrogens with one attached hydrogen (secondary N) is 1. The molecule has 154 valence electrons. The van der Waals surface area contributed by atoms with Crippen LogP contribution >= 0.6 is 0 Å². The summed E-state index contributed by atoms with van der Waals surface area (Å²) in [5, 5.41) is 3.10. The number of aromatic amines is 1. The van der Waals surface area contributed by atoms with Crippen molar-refractivity contribution in [2.75, 3.05) is 21.3 Å². The van der Waals surface area contributed by atoms with Crippen LogP contribution in [-0.2, 0) is 12.8 Å². The number of benzene rings is 1. The van der Waals surface area contributed by atoms with Crippen molar-refractivity contribution in [1.29, 1.82) is 0 Å². The van der Waals surface area contributed by atoms with Gasteiger partial charge in [-0.05, 0) is 36.6 Å². The van der Waals surface area contributed by atoms with Gasteiger partial charge in [0.15, 0.2) is 17.1 Å². The Labute approximate surface area is 173 Å². The molecule has 0 amide bonds. The zero-order valence-electron chi connectivity index (χ0n) is 17.0. The smallest absolute Gasteiger partial charge is 0.272 e. The van der Waals surface area contributed by atoms with E-state index in [2.05, 4.69) is 15.1 Å². The maximum Gasteiger partial charge on any atom is 0.272 e. The molecule has 4 aromatic rings. The van der Waals surface area contributed by atoms with E-state index in [1.807, 2.05) is 36.5 Å². The summed E-state index contributed by atoms with van der Waals surface area (Å²) in [7, 11) is 4.68. The highest BCUT2D eigenvalue weighted by atomic mass is 16.5. The highest BCUT2D eigenvalue weighted by Crippen LogP contribution is 2.40. The average Bonchev–Trinajstić information content (AvgIpc) is 3.22. The fourth-order valence-electron chi connectivity index (χ4n) is 3.37. The van der Waals surface area contributed by atoms with Crippen molar-refractivity contribution in [2.24, 2.45) is 0 Å². The normalized spacial score (nSPS) is 10.9. The van der Waals surface area contributed by atoms with Crippen LogP contribution in [0.4, 0.5) is 0 Å². The SMILES string of the molecule is COc1cc(-c2cc3nc(CCc4cccnc4)cc(=O)n3[nH]2)cc(OC)c1OC. The number of nitrogens with zero attached hydrogens (tertiary/aromatic N) is 3. The Balaban J connectivity index is 1.70. The minimum atomic E-state index is -0.167. The number of H-pyrrole nitrogens is 1. The van der Waals surface area contributed by atoms with Gasteiger partial charge in [0, 0.05) is 35.8 Å². The van der Waals surface area contributed by atoms with Crippen LogP contribution in [0.1, 0.15) is 11.3 Å². The van der Waals surface area contributed by atoms with Crippen LogP contribution in [0, 0.1) is 0 Å². The number of aryl methyl sites for hydroxylation is 2. The summed E-state index contributed by atoms with van der Waals surface area (Å²) in [6.07, 6.45) is 4.98. The molecule has 8 heteroatoms. The lowest BCUT2D eigenvalue weighted by atomic mass is 10.1. The summed E-state index contributed by atoms with van der Waals surface area (Å²) in [4.78, 5) is 21.4. The largest absolute Gasteiger partial charge is 0.493 e. The Morgan fingerprint density at radius 1 is 1.00 bits per heavy atom. The van der Waals surface area contributed by atoms with Crippen LogP contribution in [0.25, 0.3) is 16.9 Å². The van der Waals surface area contributed by atoms with E-state index in [9.17, 15) is 4.79 Å². The first-order valence-electron chi connectivity index (χ1n) is 9.44. The molecule has 3 aromatic heterocycles. The molecule has 0 bridgehead atoms. The van der Waals surface area contributed by atoms with Gasteiger partial charge in [0.05, 0.1) is 27.0 Å². The summed E-state index contributed by atoms with van der Waals surface area (Å²) in [6, 6.07) is 10.9. The topological polar surface area (TPSA) is 90.7 Å². The van der Waals surface area contributed by atoms with Crippen LogP contribution in [0.2, 0.25) is 0 Å². The summed E-state index contributed by atoms with van der Waals surface area (Å²) in [5.41, 5.74) is 3.72. The number of methoxy groups -OCH3 is 3. The Bertz CT molecular complexity index is 1210. The molecule has 3 heterocycles. The number of rotatable bonds is 7. The van der Waals surface area contributed by atoms with Gasteiger partial charge in [0.25, 0.3) is 5.56 Å². The Hall–Kier alpha value is -3.81. The van der Waals surface area contributed by atoms with E-state index in [0.29, 0.717) is 35.0 Å². The molecule has 0 aliphatic rings. The number of hydrogen-bond acceptors (Lipinski definition) is 6. The van der Waals surface area contributed by atoms with E-state index in [1.54, 1.807) is 33.6 Å². The van der Waals surface area contributed by atoms with E-state index in [4.69, 9.17) is 14.2 Å². The van der Waals surface area contributed by atoms with Gasteiger partial charge in [-0.15, -0.1) is 0 Å². The van der Waals surface area contributed by atoms with Gasteiger partial charge in [0.2, 0.25) is 5.75 Å². The van der Waals surface area contributed by atoms with Gasteiger partial charge in [-0.25, -0.2) is 9.50 Å². The van der Waals surface area contributed by atoms with Crippen molar-refractivity contribution in [3.8, 4) is 28.5 Å². The second kappa shape index (κ2) is 8.28. The molecule has 8 nitrogen and oxygen atoms in total. The minimum absolute atomic E-state index is 0.167. The molecule has 1 N–H and O–H groups in total. The standard InChI is InChI=1S/C22H22N4O4/c1-28-18-9-15(10-19(29-2)22(18)30-3)17-12-20-24-16(11-21(27)26(20)25-17)7-6-14-5-4-8-23-13-14/h4-5,8-13,25H,6-7H2,1-3H3. The van der Waals surface area contributed by atoms with E-state index in [0.717, 1.165) is 23.2 Å². The first-order valence-corrected chi connectivity index (χ1v) is 9.44. The van der Waals surface area contributed by atoms with Crippen molar-refractivity contribution >= 4 is 5.65 Å². The summed E-state index contributed by atoms with van der Waals surface area (Å²) < 4.78 is 17.6. The van der Waals surface area contributed by atoms with Crippen LogP contribution in [0.3, 0.4) is 0 Å². The lowest BCUT2D eigenvalue weighted by molar-refractivity contribution is 0.324. The lowest BCUT2D eigenvalue weighted by Crippen LogP contribution is -2.15. The second-order valence-electron chi connectivity index (χ2n) is 6.72. The van der Waals surface area contributed by atoms with Gasteiger partial charge >= 0.3 is 0 Å². The Morgan fingerprint density at radius 3 is 2.40 bits per heavy atom. The minimum Gasteiger partial charge on any atom is -0.493 e. The maximum absolute atomic E-state index is 12.6. The van der Waals surface area contributed by atoms with E-state index in [1.165, 1.54) is 4.52 Å². The molecule has 0 spiro atoms. The molecule has 0 atom stereocenters. The maximum atomic E-state index is 12.6. The van der Waals surface area contributed by atoms with Crippen LogP contribution < -0.4 is 19.8 Å². The number of hydrogen-bond donors (Lipinski definition) is 1. The predicted octanol–water partition coefficient (Wildman–Crippen LogP) is 2.90. The monoisotopic (exact) mass is 406 g/mol. The third kappa shape index (κ3) is 3.71. The number of aromatic nitrogens is 4. The van der Waals surface area contributed by atoms with Gasteiger partial charge in [0.1, 0.15) is 0 Å².